The topological polar surface area (TPSA) is 53.5 Å². The minimum atomic E-state index is 0.0157. The predicted molar refractivity (Wildman–Crippen MR) is 128 cm³/mol. The first-order valence-electron chi connectivity index (χ1n) is 10.1. The van der Waals surface area contributed by atoms with Gasteiger partial charge in [-0.1, -0.05) is 42.1 Å². The minimum absolute atomic E-state index is 0.0157. The third-order valence-electron chi connectivity index (χ3n) is 5.27. The van der Waals surface area contributed by atoms with Crippen LogP contribution in [0.2, 0.25) is 0 Å². The van der Waals surface area contributed by atoms with E-state index in [4.69, 9.17) is 4.99 Å². The number of hydrogen-bond acceptors (Lipinski definition) is 6. The Kier molecular flexibility index (Phi) is 6.88. The molecule has 2 heterocycles. The number of amides is 1. The van der Waals surface area contributed by atoms with Crippen molar-refractivity contribution in [2.75, 3.05) is 17.3 Å². The quantitative estimate of drug-likeness (QED) is 0.638. The van der Waals surface area contributed by atoms with E-state index in [9.17, 15) is 4.79 Å². The van der Waals surface area contributed by atoms with Gasteiger partial charge in [0.1, 0.15) is 10.4 Å². The molecule has 0 radical (unpaired) electrons. The lowest BCUT2D eigenvalue weighted by Crippen LogP contribution is -2.35. The molecule has 0 saturated carbocycles. The van der Waals surface area contributed by atoms with Gasteiger partial charge in [-0.15, -0.1) is 23.1 Å². The van der Waals surface area contributed by atoms with Crippen LogP contribution >= 0.6 is 34.9 Å². The number of aryl methyl sites for hydroxylation is 1. The molecular formula is C22H27N3OS3. The van der Waals surface area contributed by atoms with Crippen molar-refractivity contribution in [3.05, 3.63) is 51.9 Å². The summed E-state index contributed by atoms with van der Waals surface area (Å²) in [6.07, 6.45) is 7.75. The fourth-order valence-corrected chi connectivity index (χ4v) is 6.90. The van der Waals surface area contributed by atoms with Crippen LogP contribution in [0, 0.1) is 0 Å². The fourth-order valence-electron chi connectivity index (χ4n) is 3.96. The van der Waals surface area contributed by atoms with Crippen molar-refractivity contribution >= 4 is 50.9 Å². The molecule has 2 atom stereocenters. The lowest BCUT2D eigenvalue weighted by molar-refractivity contribution is -0.119. The summed E-state index contributed by atoms with van der Waals surface area (Å²) >= 11 is 5.17. The van der Waals surface area contributed by atoms with Crippen LogP contribution in [0.3, 0.4) is 0 Å². The van der Waals surface area contributed by atoms with Crippen molar-refractivity contribution in [3.8, 4) is 0 Å². The average Bonchev–Trinajstić information content (AvgIpc) is 3.11. The molecule has 1 aliphatic heterocycles. The summed E-state index contributed by atoms with van der Waals surface area (Å²) in [4.78, 5) is 19.0. The fraction of sp³-hybridized carbons (Fsp3) is 0.455. The van der Waals surface area contributed by atoms with Gasteiger partial charge in [0.2, 0.25) is 5.91 Å². The molecule has 1 aromatic carbocycles. The first-order valence-corrected chi connectivity index (χ1v) is 13.2. The summed E-state index contributed by atoms with van der Waals surface area (Å²) in [5.41, 5.74) is 4.07. The summed E-state index contributed by atoms with van der Waals surface area (Å²) in [7, 11) is 0. The molecule has 1 aliphatic carbocycles. The number of fused-ring (bicyclic) bond motifs is 3. The van der Waals surface area contributed by atoms with Crippen LogP contribution in [0.15, 0.2) is 35.3 Å². The van der Waals surface area contributed by atoms with Crippen LogP contribution in [0.4, 0.5) is 5.00 Å². The van der Waals surface area contributed by atoms with Crippen LogP contribution in [-0.2, 0) is 24.1 Å². The monoisotopic (exact) mass is 445 g/mol. The lowest BCUT2D eigenvalue weighted by Gasteiger charge is -2.23. The Bertz CT molecular complexity index is 894. The zero-order valence-electron chi connectivity index (χ0n) is 16.9. The first kappa shape index (κ1) is 20.8. The Hall–Kier alpha value is -1.44. The molecule has 0 spiro atoms. The summed E-state index contributed by atoms with van der Waals surface area (Å²) in [5, 5.41) is 8.85. The molecular weight excluding hydrogens is 418 g/mol. The number of nitrogens with zero attached hydrogens (tertiary/aromatic N) is 1. The molecule has 7 heteroatoms. The second-order valence-corrected chi connectivity index (χ2v) is 10.5. The summed E-state index contributed by atoms with van der Waals surface area (Å²) < 4.78 is 0. The van der Waals surface area contributed by atoms with E-state index in [0.717, 1.165) is 18.0 Å². The molecule has 0 saturated heterocycles. The van der Waals surface area contributed by atoms with Crippen molar-refractivity contribution in [1.29, 1.82) is 0 Å². The summed E-state index contributed by atoms with van der Waals surface area (Å²) in [6.45, 7) is 2.07. The molecule has 0 unspecified atom stereocenters. The number of carbonyl (C=O) groups is 1. The number of aliphatic imine (C=N–C) groups is 1. The van der Waals surface area contributed by atoms with Gasteiger partial charge in [-0.05, 0) is 56.4 Å². The van der Waals surface area contributed by atoms with E-state index in [1.165, 1.54) is 45.8 Å². The van der Waals surface area contributed by atoms with E-state index in [1.807, 2.05) is 35.8 Å². The highest BCUT2D eigenvalue weighted by molar-refractivity contribution is 8.13. The number of amidine groups is 1. The predicted octanol–water partition coefficient (Wildman–Crippen LogP) is 5.25. The van der Waals surface area contributed by atoms with Gasteiger partial charge in [0, 0.05) is 16.5 Å². The highest BCUT2D eigenvalue weighted by Crippen LogP contribution is 2.48. The number of carbonyl (C=O) groups excluding carboxylic acids is 1. The number of benzene rings is 1. The van der Waals surface area contributed by atoms with Crippen molar-refractivity contribution in [2.45, 2.75) is 50.4 Å². The maximum atomic E-state index is 12.6. The minimum Gasteiger partial charge on any atom is -0.353 e. The second-order valence-electron chi connectivity index (χ2n) is 7.54. The largest absolute Gasteiger partial charge is 0.353 e. The number of thiophene rings is 1. The van der Waals surface area contributed by atoms with Gasteiger partial charge in [-0.25, -0.2) is 4.99 Å². The van der Waals surface area contributed by atoms with E-state index in [1.54, 1.807) is 23.5 Å². The Labute approximate surface area is 185 Å². The van der Waals surface area contributed by atoms with Crippen molar-refractivity contribution in [2.24, 2.45) is 4.99 Å². The molecule has 4 nitrogen and oxygen atoms in total. The zero-order valence-corrected chi connectivity index (χ0v) is 19.3. The van der Waals surface area contributed by atoms with E-state index in [2.05, 4.69) is 29.7 Å². The highest BCUT2D eigenvalue weighted by atomic mass is 32.2. The highest BCUT2D eigenvalue weighted by Gasteiger charge is 2.30. The third-order valence-corrected chi connectivity index (χ3v) is 8.17. The Morgan fingerprint density at radius 2 is 2.10 bits per heavy atom. The Morgan fingerprint density at radius 1 is 1.31 bits per heavy atom. The van der Waals surface area contributed by atoms with E-state index in [0.29, 0.717) is 5.75 Å². The normalized spacial score (nSPS) is 18.8. The molecule has 0 bridgehead atoms. The van der Waals surface area contributed by atoms with Crippen LogP contribution in [-0.4, -0.2) is 29.1 Å². The molecule has 4 rings (SSSR count). The van der Waals surface area contributed by atoms with E-state index < -0.39 is 0 Å². The van der Waals surface area contributed by atoms with Crippen molar-refractivity contribution in [3.63, 3.8) is 0 Å². The van der Waals surface area contributed by atoms with Gasteiger partial charge in [-0.2, -0.15) is 0 Å². The molecule has 1 aromatic heterocycles. The van der Waals surface area contributed by atoms with Crippen molar-refractivity contribution < 1.29 is 4.79 Å². The number of rotatable bonds is 6. The van der Waals surface area contributed by atoms with Gasteiger partial charge in [-0.3, -0.25) is 4.79 Å². The van der Waals surface area contributed by atoms with Crippen LogP contribution in [0.25, 0.3) is 0 Å². The zero-order chi connectivity index (χ0) is 20.2. The smallest absolute Gasteiger partial charge is 0.230 e. The standard InChI is InChI=1S/C22H27N3OS3/c1-14(12-15-8-4-3-5-9-15)23-18(26)13-28-20-19-16-10-6-7-11-17(16)29-21(19)25-22(24-20)27-2/h3-5,8-9,14,20H,6-7,10-13H2,1-2H3,(H,23,26)(H,24,25)/t14-,20+/m1/s1. The van der Waals surface area contributed by atoms with Crippen LogP contribution in [0.1, 0.15) is 46.7 Å². The van der Waals surface area contributed by atoms with Gasteiger partial charge in [0.15, 0.2) is 5.17 Å². The number of anilines is 1. The second kappa shape index (κ2) is 9.58. The number of hydrogen-bond donors (Lipinski definition) is 2. The maximum Gasteiger partial charge on any atom is 0.230 e. The SMILES string of the molecule is CSC1=N[C@@H](SCC(=O)N[C@H](C)Cc2ccccc2)c2c(sc3c2CCCC3)N1. The van der Waals surface area contributed by atoms with Crippen LogP contribution < -0.4 is 10.6 Å². The molecule has 0 fully saturated rings. The lowest BCUT2D eigenvalue weighted by atomic mass is 9.95. The van der Waals surface area contributed by atoms with Gasteiger partial charge >= 0.3 is 0 Å². The van der Waals surface area contributed by atoms with Crippen LogP contribution in [0.5, 0.6) is 0 Å². The molecule has 1 amide bonds. The summed E-state index contributed by atoms with van der Waals surface area (Å²) in [6, 6.07) is 10.4. The molecule has 2 N–H and O–H groups in total. The third kappa shape index (κ3) is 5.01. The van der Waals surface area contributed by atoms with Gasteiger partial charge in [0.25, 0.3) is 0 Å². The summed E-state index contributed by atoms with van der Waals surface area (Å²) in [5.74, 6) is 0.516. The Morgan fingerprint density at radius 3 is 2.90 bits per heavy atom. The maximum absolute atomic E-state index is 12.6. The number of thioether (sulfide) groups is 2. The van der Waals surface area contributed by atoms with Gasteiger partial charge < -0.3 is 10.6 Å². The molecule has 2 aliphatic rings. The average molecular weight is 446 g/mol. The molecule has 2 aromatic rings. The first-order chi connectivity index (χ1) is 14.1. The van der Waals surface area contributed by atoms with Crippen molar-refractivity contribution in [1.82, 2.24) is 5.32 Å². The Balaban J connectivity index is 1.39. The van der Waals surface area contributed by atoms with Gasteiger partial charge in [0.05, 0.1) is 5.75 Å². The van der Waals surface area contributed by atoms with E-state index >= 15 is 0 Å². The molecule has 29 heavy (non-hydrogen) atoms. The van der Waals surface area contributed by atoms with E-state index in [-0.39, 0.29) is 17.3 Å². The number of nitrogens with one attached hydrogen (secondary N) is 2. The molecule has 154 valence electrons.